The van der Waals surface area contributed by atoms with E-state index in [0.29, 0.717) is 164 Å². The first kappa shape index (κ1) is 86.6. The Labute approximate surface area is 692 Å². The maximum atomic E-state index is 12.6. The quantitative estimate of drug-likeness (QED) is 0.00806. The number of amides is 5. The van der Waals surface area contributed by atoms with Crippen LogP contribution in [-0.4, -0.2) is 145 Å². The summed E-state index contributed by atoms with van der Waals surface area (Å²) in [5.41, 5.74) is 13.8. The number of hydrogen-bond acceptors (Lipinski definition) is 23. The third kappa shape index (κ3) is 22.6. The van der Waals surface area contributed by atoms with Crippen molar-refractivity contribution in [2.24, 2.45) is 0 Å². The summed E-state index contributed by atoms with van der Waals surface area (Å²) >= 11 is 19.9. The van der Waals surface area contributed by atoms with E-state index in [1.165, 1.54) is 26.4 Å². The van der Waals surface area contributed by atoms with Crippen LogP contribution in [0.2, 0.25) is 66.4 Å². The summed E-state index contributed by atoms with van der Waals surface area (Å²) < 4.78 is 32.1. The van der Waals surface area contributed by atoms with Crippen molar-refractivity contribution >= 4 is 200 Å². The Morgan fingerprint density at radius 1 is 0.462 bits per heavy atom. The van der Waals surface area contributed by atoms with Gasteiger partial charge in [0, 0.05) is 86.2 Å². The third-order valence-corrected chi connectivity index (χ3v) is 21.8. The summed E-state index contributed by atoms with van der Waals surface area (Å²) in [6.45, 7) is 22.6. The van der Waals surface area contributed by atoms with Crippen LogP contribution < -0.4 is 78.4 Å². The van der Waals surface area contributed by atoms with Crippen LogP contribution in [-0.2, 0) is 32.5 Å². The molecule has 0 aliphatic carbocycles. The van der Waals surface area contributed by atoms with E-state index in [2.05, 4.69) is 126 Å². The van der Waals surface area contributed by atoms with Gasteiger partial charge in [-0.15, -0.1) is 0 Å². The molecule has 12 rings (SSSR count). The number of halogens is 3. The largest absolute Gasteiger partial charge is 0.495 e. The van der Waals surface area contributed by atoms with Gasteiger partial charge in [0.2, 0.25) is 29.7 Å². The Balaban J connectivity index is 0.000000186. The maximum Gasteiger partial charge on any atom is 0.253 e. The molecule has 0 radical (unpaired) electrons. The Morgan fingerprint density at radius 3 is 1.19 bits per heavy atom. The third-order valence-electron chi connectivity index (χ3n) is 17.5. The number of benzene rings is 6. The highest BCUT2D eigenvalue weighted by Crippen LogP contribution is 2.41. The average molecular weight is 1680 g/mol. The standard InChI is InChI=1S/C30H36ClN7O4Si.C27H34ClN7O3Si.C24H22ClN7O3/c1-7-25(39)33-19-12-13-24(41-3)23(16-19)35-30-36-27(34-22-11-9-8-10-20(22)29(40)32-2)26-21(31)17-38(28(26)37-30)18-42-14-15-43(4,5)6;1-30-26(36)18-8-6-7-9-20(18)31-24-23-19(28)15-35(16-38-12-13-39(3,4)5)25(23)34-27(33-24)32-21-14-17(29)10-11-22(21)37-2;1-4-19(33)28-13-9-10-18(35-3)17(11-13)30-24-31-21-20(15(25)12-27-21)22(32-24)29-16-8-6-5-7-14(16)23(34)26-2/h7-13,16-17H,1,14-15,18H2,2-6H3,(H,32,40)(H,33,39)(H2,34,35,36,37);6-11,14-15H,12-13,16,29H2,1-5H3,(H,30,36)(H2,31,32,33,34);4-12H,1H2,2-3H3,(H,26,34)(H,28,33)(H3,27,29,30,31,32). The van der Waals surface area contributed by atoms with Crippen molar-refractivity contribution < 1.29 is 47.7 Å². The monoisotopic (exact) mass is 1680 g/mol. The molecule has 0 aliphatic heterocycles. The number of methoxy groups -OCH3 is 3. The summed E-state index contributed by atoms with van der Waals surface area (Å²) in [6, 6.07) is 38.8. The van der Waals surface area contributed by atoms with Crippen molar-refractivity contribution in [2.45, 2.75) is 64.8 Å². The molecule has 0 saturated heterocycles. The number of anilines is 15. The molecule has 6 heterocycles. The Morgan fingerprint density at radius 2 is 0.821 bits per heavy atom. The number of para-hydroxylation sites is 3. The van der Waals surface area contributed by atoms with E-state index in [1.54, 1.807) is 162 Å². The summed E-state index contributed by atoms with van der Waals surface area (Å²) in [5.74, 6) is 2.07. The smallest absolute Gasteiger partial charge is 0.253 e. The van der Waals surface area contributed by atoms with E-state index >= 15 is 0 Å². The minimum Gasteiger partial charge on any atom is -0.495 e. The van der Waals surface area contributed by atoms with Gasteiger partial charge in [-0.25, -0.2) is 0 Å². The van der Waals surface area contributed by atoms with E-state index in [4.69, 9.17) is 84.2 Å². The summed E-state index contributed by atoms with van der Waals surface area (Å²) in [4.78, 5) is 92.2. The van der Waals surface area contributed by atoms with Crippen LogP contribution in [0.25, 0.3) is 33.1 Å². The molecule has 117 heavy (non-hydrogen) atoms. The number of nitrogens with one attached hydrogen (secondary N) is 12. The van der Waals surface area contributed by atoms with E-state index in [1.807, 2.05) is 21.3 Å². The van der Waals surface area contributed by atoms with Gasteiger partial charge in [-0.2, -0.15) is 29.9 Å². The van der Waals surface area contributed by atoms with Crippen LogP contribution in [0.1, 0.15) is 31.1 Å². The number of nitrogen functional groups attached to an aromatic ring is 1. The highest BCUT2D eigenvalue weighted by Gasteiger charge is 2.25. The van der Waals surface area contributed by atoms with E-state index < -0.39 is 16.1 Å². The molecule has 0 atom stereocenters. The van der Waals surface area contributed by atoms with Crippen LogP contribution in [0.3, 0.4) is 0 Å². The van der Waals surface area contributed by atoms with Crippen LogP contribution in [0.5, 0.6) is 17.2 Å². The number of aromatic nitrogens is 9. The van der Waals surface area contributed by atoms with E-state index in [0.717, 1.165) is 12.1 Å². The molecule has 31 nitrogen and oxygen atoms in total. The number of nitrogens with two attached hydrogens (primary N) is 1. The summed E-state index contributed by atoms with van der Waals surface area (Å²) in [7, 11) is 6.85. The minimum atomic E-state index is -1.28. The predicted octanol–water partition coefficient (Wildman–Crippen LogP) is 16.8. The molecule has 12 aromatic rings. The molecule has 6 aromatic heterocycles. The van der Waals surface area contributed by atoms with E-state index in [-0.39, 0.29) is 60.8 Å². The minimum absolute atomic E-state index is 0.219. The summed E-state index contributed by atoms with van der Waals surface area (Å²) in [5, 5.41) is 35.7. The lowest BCUT2D eigenvalue weighted by atomic mass is 10.1. The second kappa shape index (κ2) is 39.5. The molecule has 0 saturated carbocycles. The van der Waals surface area contributed by atoms with Crippen molar-refractivity contribution in [1.82, 2.24) is 60.0 Å². The fourth-order valence-corrected chi connectivity index (χ4v) is 13.8. The van der Waals surface area contributed by atoms with Crippen molar-refractivity contribution in [1.29, 1.82) is 0 Å². The fraction of sp³-hybridized carbons (Fsp3) is 0.222. The second-order valence-corrected chi connectivity index (χ2v) is 40.8. The Bertz CT molecular complexity index is 5650. The van der Waals surface area contributed by atoms with Gasteiger partial charge >= 0.3 is 0 Å². The topological polar surface area (TPSA) is 393 Å². The van der Waals surface area contributed by atoms with Crippen LogP contribution >= 0.6 is 34.8 Å². The highest BCUT2D eigenvalue weighted by atomic mass is 35.5. The van der Waals surface area contributed by atoms with Gasteiger partial charge in [0.05, 0.1) is 103 Å². The normalized spacial score (nSPS) is 11.1. The number of ether oxygens (including phenoxy) is 5. The number of hydrogen-bond donors (Lipinski definition) is 13. The lowest BCUT2D eigenvalue weighted by Crippen LogP contribution is -2.22. The second-order valence-electron chi connectivity index (χ2n) is 28.3. The molecule has 14 N–H and O–H groups in total. The molecular formula is C81H92Cl3N21O10Si2. The number of carbonyl (C=O) groups excluding carboxylic acids is 5. The van der Waals surface area contributed by atoms with Gasteiger partial charge in [-0.1, -0.05) is 124 Å². The van der Waals surface area contributed by atoms with Crippen LogP contribution in [0.4, 0.5) is 86.5 Å². The molecule has 5 amide bonds. The number of H-pyrrole nitrogens is 1. The van der Waals surface area contributed by atoms with Gasteiger partial charge in [-0.3, -0.25) is 24.0 Å². The number of nitrogens with zero attached hydrogens (tertiary/aromatic N) is 8. The van der Waals surface area contributed by atoms with Gasteiger partial charge in [0.15, 0.2) is 11.3 Å². The molecule has 0 spiro atoms. The molecule has 6 aromatic carbocycles. The lowest BCUT2D eigenvalue weighted by Gasteiger charge is -2.16. The average Bonchev–Trinajstić information content (AvgIpc) is 1.68. The first-order valence-corrected chi connectivity index (χ1v) is 45.1. The first-order chi connectivity index (χ1) is 56.0. The zero-order valence-corrected chi connectivity index (χ0v) is 70.8. The molecule has 0 bridgehead atoms. The molecule has 610 valence electrons. The Kier molecular flexibility index (Phi) is 29.3. The lowest BCUT2D eigenvalue weighted by molar-refractivity contribution is -0.112. The first-order valence-electron chi connectivity index (χ1n) is 36.6. The van der Waals surface area contributed by atoms with Gasteiger partial charge in [0.1, 0.15) is 53.8 Å². The molecule has 0 fully saturated rings. The molecule has 36 heteroatoms. The van der Waals surface area contributed by atoms with Gasteiger partial charge in [-0.05, 0) is 115 Å². The fourth-order valence-electron chi connectivity index (χ4n) is 11.5. The predicted molar refractivity (Wildman–Crippen MR) is 472 cm³/mol. The number of fused-ring (bicyclic) bond motifs is 3. The van der Waals surface area contributed by atoms with Crippen LogP contribution in [0.15, 0.2) is 171 Å². The van der Waals surface area contributed by atoms with Gasteiger partial charge < -0.3 is 102 Å². The maximum absolute atomic E-state index is 12.6. The zero-order valence-electron chi connectivity index (χ0n) is 66.5. The summed E-state index contributed by atoms with van der Waals surface area (Å²) in [6.07, 6.45) is 7.49. The Hall–Kier alpha value is -12.8. The van der Waals surface area contributed by atoms with Gasteiger partial charge in [0.25, 0.3) is 17.7 Å². The molecular weight excluding hydrogens is 1590 g/mol. The molecule has 0 aliphatic rings. The van der Waals surface area contributed by atoms with E-state index in [9.17, 15) is 24.0 Å². The SMILES string of the molecule is C=CC(=O)Nc1ccc(OC)c(Nc2nc(Nc3ccccc3C(=O)NC)c3c(Cl)c[nH]c3n2)c1.C=CC(=O)Nc1ccc(OC)c(Nc2nc(Nc3ccccc3C(=O)NC)c3c(Cl)cn(COCC[Si](C)(C)C)c3n2)c1.CNC(=O)c1ccccc1Nc1nc(Nc2cc(N)ccc2OC)nc2c1c(Cl)cn2COCC[Si](C)(C)C. The van der Waals surface area contributed by atoms with Crippen molar-refractivity contribution in [3.8, 4) is 17.2 Å². The zero-order chi connectivity index (χ0) is 84.3. The highest BCUT2D eigenvalue weighted by molar-refractivity contribution is 6.76. The van der Waals surface area contributed by atoms with Crippen molar-refractivity contribution in [2.75, 3.05) is 104 Å². The number of carbonyl (C=O) groups is 5. The number of rotatable bonds is 32. The van der Waals surface area contributed by atoms with Crippen LogP contribution in [0, 0.1) is 0 Å². The van der Waals surface area contributed by atoms with Crippen molar-refractivity contribution in [3.05, 3.63) is 203 Å². The molecule has 0 unspecified atom stereocenters. The number of aromatic amines is 1. The van der Waals surface area contributed by atoms with Crippen molar-refractivity contribution in [3.63, 3.8) is 0 Å².